The molecule has 13 heteroatoms. The predicted octanol–water partition coefficient (Wildman–Crippen LogP) is 12.1. The van der Waals surface area contributed by atoms with E-state index in [4.69, 9.17) is 14.2 Å². The fourth-order valence-corrected chi connectivity index (χ4v) is 7.77. The molecule has 0 saturated heterocycles. The van der Waals surface area contributed by atoms with Gasteiger partial charge in [-0.3, -0.25) is 14.4 Å². The van der Waals surface area contributed by atoms with Crippen LogP contribution in [0.5, 0.6) is 0 Å². The summed E-state index contributed by atoms with van der Waals surface area (Å²) in [6, 6.07) is 0. The monoisotopic (exact) mass is 1010 g/mol. The summed E-state index contributed by atoms with van der Waals surface area (Å²) in [6.45, 7) is 10.7. The van der Waals surface area contributed by atoms with E-state index in [1.54, 1.807) is 0 Å². The molecule has 0 rings (SSSR count). The van der Waals surface area contributed by atoms with Crippen LogP contribution < -0.4 is 15.3 Å². The number of ether oxygens (including phenoxy) is 3. The smallest absolute Gasteiger partial charge is 0.546 e. The first-order valence-electron chi connectivity index (χ1n) is 28.4. The Hall–Kier alpha value is -2.65. The fraction of sp³-hybridized carbons (Fsp3) is 0.895. The molecule has 408 valence electrons. The Morgan fingerprint density at radius 3 is 0.529 bits per heavy atom. The second-order valence-electron chi connectivity index (χ2n) is 19.3. The summed E-state index contributed by atoms with van der Waals surface area (Å²) in [6.07, 6.45) is 46.4. The molecule has 3 atom stereocenters. The average molecular weight is 1010 g/mol. The van der Waals surface area contributed by atoms with Crippen LogP contribution in [0.1, 0.15) is 311 Å². The van der Waals surface area contributed by atoms with Crippen LogP contribution in [0.3, 0.4) is 0 Å². The van der Waals surface area contributed by atoms with E-state index in [-0.39, 0.29) is 17.4 Å². The maximum Gasteiger partial charge on any atom is 3.00 e. The van der Waals surface area contributed by atoms with E-state index < -0.39 is 54.1 Å². The number of carboxylic acids is 3. The van der Waals surface area contributed by atoms with Gasteiger partial charge in [-0.2, -0.15) is 0 Å². The first kappa shape index (κ1) is 73.9. The summed E-state index contributed by atoms with van der Waals surface area (Å²) < 4.78 is 14.2. The molecule has 0 aromatic rings. The van der Waals surface area contributed by atoms with E-state index in [2.05, 4.69) is 20.8 Å². The fourth-order valence-electron chi connectivity index (χ4n) is 7.77. The van der Waals surface area contributed by atoms with Gasteiger partial charge in [0.25, 0.3) is 0 Å². The Balaban J connectivity index is -0.000000463. The quantitative estimate of drug-likeness (QED) is 0.0242. The first-order valence-corrected chi connectivity index (χ1v) is 28.4. The van der Waals surface area contributed by atoms with Crippen LogP contribution in [-0.4, -0.2) is 71.5 Å². The van der Waals surface area contributed by atoms with Crippen molar-refractivity contribution in [3.8, 4) is 0 Å². The zero-order valence-electron chi connectivity index (χ0n) is 45.9. The summed E-state index contributed by atoms with van der Waals surface area (Å²) in [4.78, 5) is 65.3. The summed E-state index contributed by atoms with van der Waals surface area (Å²) in [5, 5.41) is 31.3. The molecule has 0 bridgehead atoms. The minimum Gasteiger partial charge on any atom is -0.546 e. The largest absolute Gasteiger partial charge is 3.00 e. The third kappa shape index (κ3) is 61.5. The maximum atomic E-state index is 11.3. The average Bonchev–Trinajstić information content (AvgIpc) is 3.31. The Morgan fingerprint density at radius 1 is 0.271 bits per heavy atom. The number of rotatable bonds is 48. The molecule has 0 saturated carbocycles. The zero-order chi connectivity index (χ0) is 52.0. The molecule has 0 spiro atoms. The molecule has 0 aliphatic carbocycles. The number of carboxylic acid groups (broad SMARTS) is 3. The molecule has 0 N–H and O–H groups in total. The topological polar surface area (TPSA) is 199 Å². The van der Waals surface area contributed by atoms with Crippen molar-refractivity contribution in [2.75, 3.05) is 0 Å². The van der Waals surface area contributed by atoms with Crippen molar-refractivity contribution < 1.29 is 58.3 Å². The van der Waals surface area contributed by atoms with Crippen LogP contribution in [0, 0.1) is 0 Å². The predicted molar refractivity (Wildman–Crippen MR) is 278 cm³/mol. The van der Waals surface area contributed by atoms with Crippen molar-refractivity contribution in [2.24, 2.45) is 0 Å². The van der Waals surface area contributed by atoms with Gasteiger partial charge in [-0.1, -0.05) is 252 Å². The number of hydrogen-bond acceptors (Lipinski definition) is 12. The number of carbonyl (C=O) groups excluding carboxylic acids is 6. The Labute approximate surface area is 439 Å². The molecule has 0 aliphatic heterocycles. The van der Waals surface area contributed by atoms with Crippen molar-refractivity contribution >= 4 is 53.2 Å². The second-order valence-corrected chi connectivity index (χ2v) is 19.3. The van der Waals surface area contributed by atoms with Crippen molar-refractivity contribution in [1.29, 1.82) is 0 Å². The number of unbranched alkanes of at least 4 members (excludes halogenated alkanes) is 36. The van der Waals surface area contributed by atoms with Crippen LogP contribution in [0.15, 0.2) is 0 Å². The van der Waals surface area contributed by atoms with Crippen molar-refractivity contribution in [1.82, 2.24) is 0 Å². The van der Waals surface area contributed by atoms with Gasteiger partial charge in [-0.15, -0.1) is 0 Å². The van der Waals surface area contributed by atoms with Gasteiger partial charge in [0.1, 0.15) is 18.3 Å². The van der Waals surface area contributed by atoms with E-state index in [1.807, 2.05) is 0 Å². The van der Waals surface area contributed by atoms with Crippen molar-refractivity contribution in [3.63, 3.8) is 0 Å². The van der Waals surface area contributed by atoms with Gasteiger partial charge < -0.3 is 43.9 Å². The Morgan fingerprint density at radius 2 is 0.400 bits per heavy atom. The number of esters is 3. The van der Waals surface area contributed by atoms with Crippen LogP contribution in [0.2, 0.25) is 0 Å². The van der Waals surface area contributed by atoms with Crippen LogP contribution in [-0.2, 0) is 43.0 Å². The van der Waals surface area contributed by atoms with Gasteiger partial charge in [-0.05, 0) is 40.0 Å². The molecular weight excluding hydrogens is 904 g/mol. The van der Waals surface area contributed by atoms with E-state index in [0.717, 1.165) is 57.8 Å². The third-order valence-electron chi connectivity index (χ3n) is 12.4. The minimum absolute atomic E-state index is 0. The molecule has 0 aromatic heterocycles. The molecule has 0 aliphatic rings. The molecule has 0 fully saturated rings. The summed E-state index contributed by atoms with van der Waals surface area (Å²) in [5.74, 6) is -5.35. The molecule has 12 nitrogen and oxygen atoms in total. The number of hydrogen-bond donors (Lipinski definition) is 0. The second kappa shape index (κ2) is 58.9. The maximum absolute atomic E-state index is 11.3. The first-order chi connectivity index (χ1) is 33.2. The van der Waals surface area contributed by atoms with E-state index in [0.29, 0.717) is 19.3 Å². The van der Waals surface area contributed by atoms with Crippen LogP contribution >= 0.6 is 0 Å². The number of aliphatic carboxylic acids is 3. The van der Waals surface area contributed by atoms with Crippen LogP contribution in [0.25, 0.3) is 0 Å². The van der Waals surface area contributed by atoms with Crippen molar-refractivity contribution in [2.45, 2.75) is 330 Å². The van der Waals surface area contributed by atoms with Gasteiger partial charge in [0, 0.05) is 19.3 Å². The minimum atomic E-state index is -1.34. The third-order valence-corrected chi connectivity index (χ3v) is 12.4. The molecule has 0 heterocycles. The normalized spacial score (nSPS) is 11.9. The van der Waals surface area contributed by atoms with Gasteiger partial charge in [-0.25, -0.2) is 0 Å². The van der Waals surface area contributed by atoms with Crippen LogP contribution in [0.4, 0.5) is 0 Å². The SMILES string of the molecule is CCCCCCCCCCCCCCCC(=O)OC(C)C(=O)[O-].CCCCCCCCCCCCCCCC(=O)OC(C)C(=O)[O-].CCCCCCCCCCCCCCCC(=O)OC(C)C(=O)[O-].[Al+3]. The molecular formula is C57H105AlO12. The Kier molecular flexibility index (Phi) is 62.2. The molecule has 0 amide bonds. The zero-order valence-corrected chi connectivity index (χ0v) is 47.1. The molecule has 0 aromatic carbocycles. The molecule has 3 unspecified atom stereocenters. The molecule has 0 radical (unpaired) electrons. The van der Waals surface area contributed by atoms with Gasteiger partial charge in [0.15, 0.2) is 0 Å². The summed E-state index contributed by atoms with van der Waals surface area (Å²) >= 11 is 0. The van der Waals surface area contributed by atoms with Gasteiger partial charge >= 0.3 is 35.3 Å². The van der Waals surface area contributed by atoms with Gasteiger partial charge in [0.2, 0.25) is 0 Å². The Bertz CT molecular complexity index is 1060. The van der Waals surface area contributed by atoms with Gasteiger partial charge in [0.05, 0.1) is 17.9 Å². The van der Waals surface area contributed by atoms with E-state index in [9.17, 15) is 44.1 Å². The molecule has 70 heavy (non-hydrogen) atoms. The summed E-state index contributed by atoms with van der Waals surface area (Å²) in [7, 11) is 0. The number of carbonyl (C=O) groups is 6. The van der Waals surface area contributed by atoms with Crippen molar-refractivity contribution in [3.05, 3.63) is 0 Å². The van der Waals surface area contributed by atoms with E-state index >= 15 is 0 Å². The standard InChI is InChI=1S/3C19H36O4.Al/c3*1-3-4-5-6-7-8-9-10-11-12-13-14-15-16-18(20)23-17(2)19(21)22;/h3*17H,3-16H2,1-2H3,(H,21,22);/q;;;+3/p-3. The van der Waals surface area contributed by atoms with E-state index in [1.165, 1.54) is 213 Å². The summed E-state index contributed by atoms with van der Waals surface area (Å²) in [5.41, 5.74) is 0.